The second-order valence-electron chi connectivity index (χ2n) is 4.52. The van der Waals surface area contributed by atoms with Crippen molar-refractivity contribution in [2.45, 2.75) is 0 Å². The number of hydrogen-bond donors (Lipinski definition) is 1. The lowest BCUT2D eigenvalue weighted by molar-refractivity contribution is 0.415. The summed E-state index contributed by atoms with van der Waals surface area (Å²) in [5.74, 6) is 1.47. The smallest absolute Gasteiger partial charge is 0.166 e. The minimum absolute atomic E-state index is 0.388. The monoisotopic (exact) mass is 275 g/mol. The Morgan fingerprint density at radius 1 is 1.00 bits per heavy atom. The van der Waals surface area contributed by atoms with E-state index in [1.54, 1.807) is 7.11 Å². The molecular weight excluding hydrogens is 262 g/mol. The number of methoxy groups -OCH3 is 1. The number of hydrogen-bond acceptors (Lipinski definition) is 3. The van der Waals surface area contributed by atoms with Gasteiger partial charge in [0, 0.05) is 11.1 Å². The van der Waals surface area contributed by atoms with E-state index in [2.05, 4.69) is 16.0 Å². The third kappa shape index (κ3) is 2.49. The van der Waals surface area contributed by atoms with E-state index in [1.165, 1.54) is 0 Å². The first-order chi connectivity index (χ1) is 10.3. The topological polar surface area (TPSA) is 61.7 Å². The van der Waals surface area contributed by atoms with Crippen LogP contribution in [0.4, 0.5) is 0 Å². The predicted molar refractivity (Wildman–Crippen MR) is 80.7 cm³/mol. The van der Waals surface area contributed by atoms with Gasteiger partial charge >= 0.3 is 0 Å². The van der Waals surface area contributed by atoms with Crippen LogP contribution in [0, 0.1) is 11.3 Å². The molecule has 0 saturated heterocycles. The van der Waals surface area contributed by atoms with Crippen molar-refractivity contribution in [2.24, 2.45) is 0 Å². The second kappa shape index (κ2) is 5.51. The predicted octanol–water partition coefficient (Wildman–Crippen LogP) is 3.62. The number of aromatic nitrogens is 2. The zero-order valence-corrected chi connectivity index (χ0v) is 11.5. The van der Waals surface area contributed by atoms with Crippen molar-refractivity contribution in [1.29, 1.82) is 5.26 Å². The fraction of sp³-hybridized carbons (Fsp3) is 0.0588. The molecule has 3 rings (SSSR count). The average Bonchev–Trinajstić information content (AvgIpc) is 3.00. The third-order valence-corrected chi connectivity index (χ3v) is 3.24. The highest BCUT2D eigenvalue weighted by Crippen LogP contribution is 2.27. The average molecular weight is 275 g/mol. The molecule has 4 nitrogen and oxygen atoms in total. The fourth-order valence-corrected chi connectivity index (χ4v) is 2.15. The summed E-state index contributed by atoms with van der Waals surface area (Å²) < 4.78 is 5.15. The van der Waals surface area contributed by atoms with Gasteiger partial charge in [0.25, 0.3) is 0 Å². The van der Waals surface area contributed by atoms with Crippen LogP contribution < -0.4 is 4.74 Å². The van der Waals surface area contributed by atoms with Gasteiger partial charge in [-0.15, -0.1) is 0 Å². The van der Waals surface area contributed by atoms with E-state index in [-0.39, 0.29) is 0 Å². The van der Waals surface area contributed by atoms with E-state index in [4.69, 9.17) is 4.74 Å². The number of nitriles is 1. The second-order valence-corrected chi connectivity index (χ2v) is 4.52. The SMILES string of the molecule is COc1ccc(-c2[nH]c(-c3ccccc3)nc2C#N)cc1. The Labute approximate surface area is 122 Å². The van der Waals surface area contributed by atoms with Crippen LogP contribution in [-0.4, -0.2) is 17.1 Å². The molecule has 0 atom stereocenters. The number of benzene rings is 2. The summed E-state index contributed by atoms with van der Waals surface area (Å²) in [7, 11) is 1.62. The van der Waals surface area contributed by atoms with Crippen LogP contribution in [0.3, 0.4) is 0 Å². The van der Waals surface area contributed by atoms with Crippen LogP contribution in [0.15, 0.2) is 54.6 Å². The van der Waals surface area contributed by atoms with Crippen molar-refractivity contribution in [2.75, 3.05) is 7.11 Å². The molecule has 1 heterocycles. The van der Waals surface area contributed by atoms with Crippen LogP contribution in [0.1, 0.15) is 5.69 Å². The third-order valence-electron chi connectivity index (χ3n) is 3.24. The van der Waals surface area contributed by atoms with Gasteiger partial charge in [-0.25, -0.2) is 4.98 Å². The number of ether oxygens (including phenoxy) is 1. The number of nitrogens with one attached hydrogen (secondary N) is 1. The maximum Gasteiger partial charge on any atom is 0.166 e. The summed E-state index contributed by atoms with van der Waals surface area (Å²) in [6.45, 7) is 0. The highest BCUT2D eigenvalue weighted by atomic mass is 16.5. The molecule has 3 aromatic rings. The summed E-state index contributed by atoms with van der Waals surface area (Å²) in [5.41, 5.74) is 2.97. The van der Waals surface area contributed by atoms with Crippen LogP contribution >= 0.6 is 0 Å². The van der Waals surface area contributed by atoms with Crippen LogP contribution in [0.25, 0.3) is 22.6 Å². The number of nitrogens with zero attached hydrogens (tertiary/aromatic N) is 2. The Balaban J connectivity index is 2.06. The van der Waals surface area contributed by atoms with Crippen LogP contribution in [-0.2, 0) is 0 Å². The maximum atomic E-state index is 9.28. The standard InChI is InChI=1S/C17H13N3O/c1-21-14-9-7-12(8-10-14)16-15(11-18)19-17(20-16)13-5-3-2-4-6-13/h2-10H,1H3,(H,19,20). The molecule has 0 amide bonds. The largest absolute Gasteiger partial charge is 0.497 e. The number of rotatable bonds is 3. The zero-order chi connectivity index (χ0) is 14.7. The Bertz CT molecular complexity index is 783. The Morgan fingerprint density at radius 3 is 2.33 bits per heavy atom. The summed E-state index contributed by atoms with van der Waals surface area (Å²) >= 11 is 0. The van der Waals surface area contributed by atoms with Crippen molar-refractivity contribution in [3.63, 3.8) is 0 Å². The lowest BCUT2D eigenvalue weighted by Crippen LogP contribution is -1.85. The quantitative estimate of drug-likeness (QED) is 0.794. The van der Waals surface area contributed by atoms with Gasteiger partial charge in [-0.3, -0.25) is 0 Å². The summed E-state index contributed by atoms with van der Waals surface area (Å²) in [6, 6.07) is 19.4. The first-order valence-corrected chi connectivity index (χ1v) is 6.52. The van der Waals surface area contributed by atoms with Gasteiger partial charge in [-0.1, -0.05) is 30.3 Å². The maximum absolute atomic E-state index is 9.28. The van der Waals surface area contributed by atoms with E-state index in [9.17, 15) is 5.26 Å². The van der Waals surface area contributed by atoms with E-state index >= 15 is 0 Å². The molecule has 0 spiro atoms. The van der Waals surface area contributed by atoms with Crippen molar-refractivity contribution >= 4 is 0 Å². The number of H-pyrrole nitrogens is 1. The molecule has 102 valence electrons. The lowest BCUT2D eigenvalue weighted by Gasteiger charge is -2.01. The Hall–Kier alpha value is -3.06. The van der Waals surface area contributed by atoms with Gasteiger partial charge in [0.05, 0.1) is 12.8 Å². The summed E-state index contributed by atoms with van der Waals surface area (Å²) in [5, 5.41) is 9.28. The molecule has 21 heavy (non-hydrogen) atoms. The Kier molecular flexibility index (Phi) is 3.40. The Morgan fingerprint density at radius 2 is 1.71 bits per heavy atom. The molecule has 0 aliphatic carbocycles. The molecule has 0 radical (unpaired) electrons. The van der Waals surface area contributed by atoms with Gasteiger partial charge in [-0.05, 0) is 24.3 Å². The van der Waals surface area contributed by atoms with Crippen LogP contribution in [0.2, 0.25) is 0 Å². The number of aromatic amines is 1. The van der Waals surface area contributed by atoms with E-state index in [0.717, 1.165) is 22.6 Å². The highest BCUT2D eigenvalue weighted by molar-refractivity contribution is 5.70. The summed E-state index contributed by atoms with van der Waals surface area (Å²) in [4.78, 5) is 7.60. The van der Waals surface area contributed by atoms with E-state index in [0.29, 0.717) is 11.5 Å². The first-order valence-electron chi connectivity index (χ1n) is 6.52. The molecule has 0 aliphatic rings. The minimum Gasteiger partial charge on any atom is -0.497 e. The molecule has 0 bridgehead atoms. The van der Waals surface area contributed by atoms with Crippen molar-refractivity contribution in [3.8, 4) is 34.5 Å². The van der Waals surface area contributed by atoms with Gasteiger partial charge in [0.2, 0.25) is 0 Å². The minimum atomic E-state index is 0.388. The molecule has 4 heteroatoms. The zero-order valence-electron chi connectivity index (χ0n) is 11.5. The van der Waals surface area contributed by atoms with E-state index < -0.39 is 0 Å². The molecule has 0 unspecified atom stereocenters. The van der Waals surface area contributed by atoms with Crippen molar-refractivity contribution in [1.82, 2.24) is 9.97 Å². The normalized spacial score (nSPS) is 10.1. The van der Waals surface area contributed by atoms with Gasteiger partial charge in [-0.2, -0.15) is 5.26 Å². The van der Waals surface area contributed by atoms with Crippen molar-refractivity contribution in [3.05, 3.63) is 60.3 Å². The molecule has 0 fully saturated rings. The summed E-state index contributed by atoms with van der Waals surface area (Å²) in [6.07, 6.45) is 0. The molecule has 1 aromatic heterocycles. The van der Waals surface area contributed by atoms with E-state index in [1.807, 2.05) is 54.6 Å². The van der Waals surface area contributed by atoms with Gasteiger partial charge < -0.3 is 9.72 Å². The van der Waals surface area contributed by atoms with Crippen molar-refractivity contribution < 1.29 is 4.74 Å². The van der Waals surface area contributed by atoms with Gasteiger partial charge in [0.15, 0.2) is 5.69 Å². The molecule has 0 aliphatic heterocycles. The van der Waals surface area contributed by atoms with Crippen LogP contribution in [0.5, 0.6) is 5.75 Å². The lowest BCUT2D eigenvalue weighted by atomic mass is 10.1. The number of imidazole rings is 1. The highest BCUT2D eigenvalue weighted by Gasteiger charge is 2.12. The molecule has 2 aromatic carbocycles. The fourth-order valence-electron chi connectivity index (χ4n) is 2.15. The van der Waals surface area contributed by atoms with Gasteiger partial charge in [0.1, 0.15) is 17.6 Å². The first kappa shape index (κ1) is 12.9. The molecular formula is C17H13N3O. The molecule has 0 saturated carbocycles. The molecule has 1 N–H and O–H groups in total.